The highest BCUT2D eigenvalue weighted by atomic mass is 35.5. The minimum atomic E-state index is -0.00218. The van der Waals surface area contributed by atoms with Crippen LogP contribution in [0.1, 0.15) is 17.3 Å². The second kappa shape index (κ2) is 5.59. The van der Waals surface area contributed by atoms with Gasteiger partial charge in [-0.25, -0.2) is 0 Å². The van der Waals surface area contributed by atoms with Crippen LogP contribution < -0.4 is 5.32 Å². The Labute approximate surface area is 112 Å². The lowest BCUT2D eigenvalue weighted by molar-refractivity contribution is 0.00365. The number of anilines is 1. The second-order valence-corrected chi connectivity index (χ2v) is 4.80. The summed E-state index contributed by atoms with van der Waals surface area (Å²) in [6, 6.07) is 5.39. The molecule has 98 valence electrons. The molecule has 0 saturated carbocycles. The molecule has 1 saturated heterocycles. The molecule has 5 heteroatoms. The van der Waals surface area contributed by atoms with Crippen LogP contribution in [0.2, 0.25) is 5.02 Å². The van der Waals surface area contributed by atoms with E-state index >= 15 is 0 Å². The number of nitrogens with zero attached hydrogens (tertiary/aromatic N) is 1. The largest absolute Gasteiger partial charge is 0.387 e. The number of benzene rings is 1. The zero-order valence-corrected chi connectivity index (χ0v) is 11.3. The van der Waals surface area contributed by atoms with Crippen molar-refractivity contribution in [2.75, 3.05) is 32.1 Å². The van der Waals surface area contributed by atoms with Crippen LogP contribution >= 0.6 is 11.6 Å². The lowest BCUT2D eigenvalue weighted by Crippen LogP contribution is -2.47. The van der Waals surface area contributed by atoms with E-state index in [2.05, 4.69) is 5.32 Å². The smallest absolute Gasteiger partial charge is 0.256 e. The van der Waals surface area contributed by atoms with Crippen molar-refractivity contribution in [3.05, 3.63) is 28.8 Å². The molecule has 0 unspecified atom stereocenters. The lowest BCUT2D eigenvalue weighted by Gasteiger charge is -2.33. The van der Waals surface area contributed by atoms with Gasteiger partial charge in [0.05, 0.1) is 24.8 Å². The van der Waals surface area contributed by atoms with Gasteiger partial charge in [-0.3, -0.25) is 4.79 Å². The van der Waals surface area contributed by atoms with Crippen molar-refractivity contribution >= 4 is 23.2 Å². The summed E-state index contributed by atoms with van der Waals surface area (Å²) in [6.45, 7) is 3.78. The molecule has 1 aromatic rings. The van der Waals surface area contributed by atoms with Gasteiger partial charge >= 0.3 is 0 Å². The number of nitrogens with one attached hydrogen (secondary N) is 1. The number of hydrogen-bond donors (Lipinski definition) is 1. The van der Waals surface area contributed by atoms with E-state index in [1.54, 1.807) is 19.2 Å². The fraction of sp³-hybridized carbons (Fsp3) is 0.462. The van der Waals surface area contributed by atoms with Gasteiger partial charge in [-0.1, -0.05) is 11.6 Å². The standard InChI is InChI=1S/C13H17ClN2O2/c1-9-8-18-6-5-16(9)13(17)11-7-10(14)3-4-12(11)15-2/h3-4,7,9,15H,5-6,8H2,1-2H3/t9-/m1/s1. The van der Waals surface area contributed by atoms with Gasteiger partial charge in [-0.15, -0.1) is 0 Å². The second-order valence-electron chi connectivity index (χ2n) is 4.36. The van der Waals surface area contributed by atoms with Crippen LogP contribution in [-0.4, -0.2) is 43.7 Å². The Morgan fingerprint density at radius 2 is 2.33 bits per heavy atom. The summed E-state index contributed by atoms with van der Waals surface area (Å²) >= 11 is 5.97. The molecule has 0 aliphatic carbocycles. The van der Waals surface area contributed by atoms with Crippen LogP contribution in [-0.2, 0) is 4.74 Å². The maximum atomic E-state index is 12.5. The van der Waals surface area contributed by atoms with Crippen molar-refractivity contribution in [3.63, 3.8) is 0 Å². The maximum Gasteiger partial charge on any atom is 0.256 e. The van der Waals surface area contributed by atoms with E-state index in [0.717, 1.165) is 5.69 Å². The highest BCUT2D eigenvalue weighted by Crippen LogP contribution is 2.23. The number of morpholine rings is 1. The van der Waals surface area contributed by atoms with Gasteiger partial charge in [0.1, 0.15) is 0 Å². The van der Waals surface area contributed by atoms with E-state index in [0.29, 0.717) is 30.3 Å². The minimum absolute atomic E-state index is 0.00218. The summed E-state index contributed by atoms with van der Waals surface area (Å²) in [5, 5.41) is 3.59. The molecule has 1 N–H and O–H groups in total. The fourth-order valence-corrected chi connectivity index (χ4v) is 2.27. The zero-order chi connectivity index (χ0) is 13.1. The first-order valence-electron chi connectivity index (χ1n) is 5.99. The first-order chi connectivity index (χ1) is 8.63. The Bertz CT molecular complexity index is 451. The number of carbonyl (C=O) groups is 1. The van der Waals surface area contributed by atoms with Crippen LogP contribution in [0.5, 0.6) is 0 Å². The molecule has 1 fully saturated rings. The third kappa shape index (κ3) is 2.60. The van der Waals surface area contributed by atoms with E-state index in [1.165, 1.54) is 0 Å². The average molecular weight is 269 g/mol. The maximum absolute atomic E-state index is 12.5. The van der Waals surface area contributed by atoms with Crippen molar-refractivity contribution in [1.82, 2.24) is 4.90 Å². The van der Waals surface area contributed by atoms with Gasteiger partial charge in [0, 0.05) is 24.3 Å². The Morgan fingerprint density at radius 3 is 3.00 bits per heavy atom. The molecular formula is C13H17ClN2O2. The Hall–Kier alpha value is -1.26. The molecule has 1 atom stereocenters. The Balaban J connectivity index is 2.29. The minimum Gasteiger partial charge on any atom is -0.387 e. The molecule has 0 radical (unpaired) electrons. The van der Waals surface area contributed by atoms with E-state index in [9.17, 15) is 4.79 Å². The first kappa shape index (κ1) is 13.2. The van der Waals surface area contributed by atoms with Gasteiger partial charge < -0.3 is 15.0 Å². The molecule has 0 bridgehead atoms. The van der Waals surface area contributed by atoms with E-state index in [1.807, 2.05) is 17.9 Å². The van der Waals surface area contributed by atoms with Gasteiger partial charge in [-0.2, -0.15) is 0 Å². The van der Waals surface area contributed by atoms with Gasteiger partial charge in [0.25, 0.3) is 5.91 Å². The summed E-state index contributed by atoms with van der Waals surface area (Å²) < 4.78 is 5.34. The molecule has 1 heterocycles. The van der Waals surface area contributed by atoms with E-state index in [-0.39, 0.29) is 11.9 Å². The number of rotatable bonds is 2. The summed E-state index contributed by atoms with van der Waals surface area (Å²) in [6.07, 6.45) is 0. The van der Waals surface area contributed by atoms with Crippen LogP contribution in [0, 0.1) is 0 Å². The third-order valence-electron chi connectivity index (χ3n) is 3.11. The number of halogens is 1. The molecule has 1 amide bonds. The topological polar surface area (TPSA) is 41.6 Å². The van der Waals surface area contributed by atoms with Crippen molar-refractivity contribution in [1.29, 1.82) is 0 Å². The fourth-order valence-electron chi connectivity index (χ4n) is 2.09. The van der Waals surface area contributed by atoms with Crippen LogP contribution in [0.3, 0.4) is 0 Å². The quantitative estimate of drug-likeness (QED) is 0.894. The predicted octanol–water partition coefficient (Wildman–Crippen LogP) is 2.24. The molecule has 2 rings (SSSR count). The molecule has 4 nitrogen and oxygen atoms in total. The highest BCUT2D eigenvalue weighted by molar-refractivity contribution is 6.31. The normalized spacial score (nSPS) is 19.7. The summed E-state index contributed by atoms with van der Waals surface area (Å²) in [7, 11) is 1.79. The van der Waals surface area contributed by atoms with Crippen molar-refractivity contribution < 1.29 is 9.53 Å². The summed E-state index contributed by atoms with van der Waals surface area (Å²) in [5.41, 5.74) is 1.40. The van der Waals surface area contributed by atoms with Crippen LogP contribution in [0.4, 0.5) is 5.69 Å². The predicted molar refractivity (Wildman–Crippen MR) is 72.3 cm³/mol. The SMILES string of the molecule is CNc1ccc(Cl)cc1C(=O)N1CCOC[C@H]1C. The number of amides is 1. The van der Waals surface area contributed by atoms with Crippen molar-refractivity contribution in [3.8, 4) is 0 Å². The molecule has 0 spiro atoms. The highest BCUT2D eigenvalue weighted by Gasteiger charge is 2.26. The van der Waals surface area contributed by atoms with Gasteiger partial charge in [-0.05, 0) is 25.1 Å². The third-order valence-corrected chi connectivity index (χ3v) is 3.34. The van der Waals surface area contributed by atoms with Crippen LogP contribution in [0.25, 0.3) is 0 Å². The first-order valence-corrected chi connectivity index (χ1v) is 6.37. The van der Waals surface area contributed by atoms with E-state index in [4.69, 9.17) is 16.3 Å². The lowest BCUT2D eigenvalue weighted by atomic mass is 10.1. The molecule has 1 aliphatic rings. The van der Waals surface area contributed by atoms with E-state index < -0.39 is 0 Å². The molecule has 1 aliphatic heterocycles. The average Bonchev–Trinajstić information content (AvgIpc) is 2.38. The van der Waals surface area contributed by atoms with Gasteiger partial charge in [0.15, 0.2) is 0 Å². The zero-order valence-electron chi connectivity index (χ0n) is 10.6. The van der Waals surface area contributed by atoms with Crippen molar-refractivity contribution in [2.24, 2.45) is 0 Å². The summed E-state index contributed by atoms with van der Waals surface area (Å²) in [4.78, 5) is 14.3. The molecule has 18 heavy (non-hydrogen) atoms. The van der Waals surface area contributed by atoms with Gasteiger partial charge in [0.2, 0.25) is 0 Å². The number of carbonyl (C=O) groups excluding carboxylic acids is 1. The molecular weight excluding hydrogens is 252 g/mol. The Kier molecular flexibility index (Phi) is 4.09. The Morgan fingerprint density at radius 1 is 1.56 bits per heavy atom. The van der Waals surface area contributed by atoms with Crippen LogP contribution in [0.15, 0.2) is 18.2 Å². The number of ether oxygens (including phenoxy) is 1. The summed E-state index contributed by atoms with van der Waals surface area (Å²) in [5.74, 6) is -0.00218. The number of hydrogen-bond acceptors (Lipinski definition) is 3. The van der Waals surface area contributed by atoms with Crippen molar-refractivity contribution in [2.45, 2.75) is 13.0 Å². The molecule has 0 aromatic heterocycles. The monoisotopic (exact) mass is 268 g/mol. The molecule has 1 aromatic carbocycles.